The number of thioether (sulfide) groups is 1. The van der Waals surface area contributed by atoms with Gasteiger partial charge in [0.05, 0.1) is 22.9 Å². The van der Waals surface area contributed by atoms with Gasteiger partial charge in [-0.05, 0) is 30.5 Å². The number of nitrogens with zero attached hydrogens (tertiary/aromatic N) is 3. The lowest BCUT2D eigenvalue weighted by molar-refractivity contribution is 0.0727. The highest BCUT2D eigenvalue weighted by Crippen LogP contribution is 2.19. The van der Waals surface area contributed by atoms with Gasteiger partial charge >= 0.3 is 5.97 Å². The van der Waals surface area contributed by atoms with E-state index in [4.69, 9.17) is 21.6 Å². The Bertz CT molecular complexity index is 683. The highest BCUT2D eigenvalue weighted by molar-refractivity contribution is 7.98. The number of nitriles is 1. The van der Waals surface area contributed by atoms with Crippen LogP contribution in [-0.4, -0.2) is 22.2 Å². The van der Waals surface area contributed by atoms with Gasteiger partial charge in [-0.3, -0.25) is 0 Å². The standard InChI is InChI=1S/C13H8ClN3O2S/c1-20-13-16-7-10(14)11(17-13)12(18)19-9-4-2-8(6-15)3-5-9/h2-5,7H,1H3. The van der Waals surface area contributed by atoms with E-state index in [2.05, 4.69) is 9.97 Å². The highest BCUT2D eigenvalue weighted by atomic mass is 35.5. The van der Waals surface area contributed by atoms with Gasteiger partial charge in [-0.2, -0.15) is 5.26 Å². The van der Waals surface area contributed by atoms with Crippen molar-refractivity contribution in [2.75, 3.05) is 6.26 Å². The lowest BCUT2D eigenvalue weighted by atomic mass is 10.2. The zero-order valence-electron chi connectivity index (χ0n) is 10.3. The van der Waals surface area contributed by atoms with E-state index < -0.39 is 5.97 Å². The monoisotopic (exact) mass is 305 g/mol. The van der Waals surface area contributed by atoms with Gasteiger partial charge in [0.2, 0.25) is 0 Å². The first-order valence-corrected chi connectivity index (χ1v) is 7.03. The van der Waals surface area contributed by atoms with E-state index in [0.717, 1.165) is 0 Å². The van der Waals surface area contributed by atoms with Gasteiger partial charge in [0, 0.05) is 0 Å². The van der Waals surface area contributed by atoms with Crippen molar-refractivity contribution in [3.05, 3.63) is 46.7 Å². The number of halogens is 1. The second kappa shape index (κ2) is 6.37. The summed E-state index contributed by atoms with van der Waals surface area (Å²) in [4.78, 5) is 19.9. The van der Waals surface area contributed by atoms with Crippen LogP contribution in [0, 0.1) is 11.3 Å². The lowest BCUT2D eigenvalue weighted by Gasteiger charge is -2.05. The molecule has 0 saturated carbocycles. The molecule has 0 radical (unpaired) electrons. The normalized spacial score (nSPS) is 9.85. The molecule has 1 heterocycles. The van der Waals surface area contributed by atoms with Gasteiger partial charge in [0.25, 0.3) is 0 Å². The number of benzene rings is 1. The summed E-state index contributed by atoms with van der Waals surface area (Å²) in [5.74, 6) is -0.355. The number of ether oxygens (including phenoxy) is 1. The molecule has 0 aliphatic heterocycles. The molecule has 20 heavy (non-hydrogen) atoms. The molecule has 0 saturated heterocycles. The Hall–Kier alpha value is -2.10. The molecule has 0 aliphatic rings. The van der Waals surface area contributed by atoms with Crippen LogP contribution in [0.2, 0.25) is 5.02 Å². The number of hydrogen-bond acceptors (Lipinski definition) is 6. The molecule has 0 bridgehead atoms. The van der Waals surface area contributed by atoms with Gasteiger partial charge in [-0.1, -0.05) is 23.4 Å². The van der Waals surface area contributed by atoms with Crippen molar-refractivity contribution in [2.45, 2.75) is 5.16 Å². The summed E-state index contributed by atoms with van der Waals surface area (Å²) in [7, 11) is 0. The zero-order chi connectivity index (χ0) is 14.5. The number of aromatic nitrogens is 2. The molecule has 2 rings (SSSR count). The summed E-state index contributed by atoms with van der Waals surface area (Å²) in [6.07, 6.45) is 3.15. The van der Waals surface area contributed by atoms with Crippen molar-refractivity contribution in [3.8, 4) is 11.8 Å². The van der Waals surface area contributed by atoms with Crippen LogP contribution in [0.1, 0.15) is 16.1 Å². The summed E-state index contributed by atoms with van der Waals surface area (Å²) < 4.78 is 5.15. The van der Waals surface area contributed by atoms with Gasteiger partial charge in [0.15, 0.2) is 10.9 Å². The van der Waals surface area contributed by atoms with Crippen LogP contribution in [0.25, 0.3) is 0 Å². The maximum Gasteiger partial charge on any atom is 0.364 e. The van der Waals surface area contributed by atoms with Gasteiger partial charge < -0.3 is 4.74 Å². The second-order valence-corrected chi connectivity index (χ2v) is 4.76. The average Bonchev–Trinajstić information content (AvgIpc) is 2.48. The average molecular weight is 306 g/mol. The Kier molecular flexibility index (Phi) is 4.56. The summed E-state index contributed by atoms with van der Waals surface area (Å²) in [5.41, 5.74) is 0.491. The molecule has 0 aliphatic carbocycles. The van der Waals surface area contributed by atoms with Gasteiger partial charge in [0.1, 0.15) is 5.75 Å². The van der Waals surface area contributed by atoms with E-state index in [1.807, 2.05) is 6.07 Å². The number of hydrogen-bond donors (Lipinski definition) is 0. The van der Waals surface area contributed by atoms with E-state index in [0.29, 0.717) is 16.5 Å². The summed E-state index contributed by atoms with van der Waals surface area (Å²) in [6, 6.07) is 8.14. The second-order valence-electron chi connectivity index (χ2n) is 3.58. The van der Waals surface area contributed by atoms with Gasteiger partial charge in [-0.15, -0.1) is 0 Å². The number of esters is 1. The first kappa shape index (κ1) is 14.3. The van der Waals surface area contributed by atoms with Crippen molar-refractivity contribution in [3.63, 3.8) is 0 Å². The third-order valence-electron chi connectivity index (χ3n) is 2.29. The molecule has 0 atom stereocenters. The molecule has 2 aromatic rings. The molecule has 0 amide bonds. The number of carbonyl (C=O) groups is 1. The third-order valence-corrected chi connectivity index (χ3v) is 3.13. The maximum absolute atomic E-state index is 12.0. The predicted octanol–water partition coefficient (Wildman–Crippen LogP) is 2.94. The van der Waals surface area contributed by atoms with Crippen molar-refractivity contribution in [1.29, 1.82) is 5.26 Å². The molecule has 0 spiro atoms. The molecule has 0 fully saturated rings. The Balaban J connectivity index is 2.21. The van der Waals surface area contributed by atoms with Crippen LogP contribution >= 0.6 is 23.4 Å². The Morgan fingerprint density at radius 2 is 2.10 bits per heavy atom. The Morgan fingerprint density at radius 1 is 1.40 bits per heavy atom. The summed E-state index contributed by atoms with van der Waals surface area (Å²) >= 11 is 7.18. The predicted molar refractivity (Wildman–Crippen MR) is 74.9 cm³/mol. The van der Waals surface area contributed by atoms with Crippen LogP contribution in [0.4, 0.5) is 0 Å². The molecular weight excluding hydrogens is 298 g/mol. The Labute approximate surface area is 124 Å². The topological polar surface area (TPSA) is 75.9 Å². The van der Waals surface area contributed by atoms with E-state index in [9.17, 15) is 4.79 Å². The molecule has 0 unspecified atom stereocenters. The van der Waals surface area contributed by atoms with Gasteiger partial charge in [-0.25, -0.2) is 14.8 Å². The van der Waals surface area contributed by atoms with Crippen LogP contribution in [0.5, 0.6) is 5.75 Å². The lowest BCUT2D eigenvalue weighted by Crippen LogP contribution is -2.12. The third kappa shape index (κ3) is 3.26. The van der Waals surface area contributed by atoms with E-state index >= 15 is 0 Å². The molecule has 100 valence electrons. The minimum atomic E-state index is -0.669. The van der Waals surface area contributed by atoms with Crippen molar-refractivity contribution >= 4 is 29.3 Å². The van der Waals surface area contributed by atoms with E-state index in [1.165, 1.54) is 30.1 Å². The molecule has 0 N–H and O–H groups in total. The first-order valence-electron chi connectivity index (χ1n) is 5.43. The maximum atomic E-state index is 12.0. The molecule has 7 heteroatoms. The van der Waals surface area contributed by atoms with Crippen LogP contribution < -0.4 is 4.74 Å². The van der Waals surface area contributed by atoms with Crippen molar-refractivity contribution < 1.29 is 9.53 Å². The largest absolute Gasteiger partial charge is 0.422 e. The first-order chi connectivity index (χ1) is 9.63. The summed E-state index contributed by atoms with van der Waals surface area (Å²) in [5, 5.41) is 9.25. The Morgan fingerprint density at radius 3 is 2.70 bits per heavy atom. The zero-order valence-corrected chi connectivity index (χ0v) is 11.9. The van der Waals surface area contributed by atoms with Crippen LogP contribution in [0.15, 0.2) is 35.6 Å². The molecule has 1 aromatic carbocycles. The smallest absolute Gasteiger partial charge is 0.364 e. The van der Waals surface area contributed by atoms with Crippen LogP contribution in [-0.2, 0) is 0 Å². The number of rotatable bonds is 3. The molecule has 1 aromatic heterocycles. The highest BCUT2D eigenvalue weighted by Gasteiger charge is 2.16. The SMILES string of the molecule is CSc1ncc(Cl)c(C(=O)Oc2ccc(C#N)cc2)n1. The van der Waals surface area contributed by atoms with E-state index in [1.54, 1.807) is 18.4 Å². The fraction of sp³-hybridized carbons (Fsp3) is 0.0769. The fourth-order valence-electron chi connectivity index (χ4n) is 1.35. The quantitative estimate of drug-likeness (QED) is 0.375. The van der Waals surface area contributed by atoms with E-state index in [-0.39, 0.29) is 10.7 Å². The van der Waals surface area contributed by atoms with Crippen molar-refractivity contribution in [2.24, 2.45) is 0 Å². The van der Waals surface area contributed by atoms with Crippen LogP contribution in [0.3, 0.4) is 0 Å². The minimum absolute atomic E-state index is 0.00961. The fourth-order valence-corrected chi connectivity index (χ4v) is 1.85. The van der Waals surface area contributed by atoms with Crippen molar-refractivity contribution in [1.82, 2.24) is 9.97 Å². The molecular formula is C13H8ClN3O2S. The number of carbonyl (C=O) groups excluding carboxylic acids is 1. The molecule has 5 nitrogen and oxygen atoms in total. The summed E-state index contributed by atoms with van der Waals surface area (Å²) in [6.45, 7) is 0. The minimum Gasteiger partial charge on any atom is -0.422 e.